The second kappa shape index (κ2) is 12.0. The highest BCUT2D eigenvalue weighted by atomic mass is 16.7. The first-order valence-electron chi connectivity index (χ1n) is 16.1. The van der Waals surface area contributed by atoms with E-state index < -0.39 is 35.4 Å². The van der Waals surface area contributed by atoms with Crippen molar-refractivity contribution in [2.24, 2.45) is 22.7 Å². The van der Waals surface area contributed by atoms with Crippen molar-refractivity contribution in [2.45, 2.75) is 121 Å². The lowest BCUT2D eigenvalue weighted by Gasteiger charge is -2.55. The summed E-state index contributed by atoms with van der Waals surface area (Å²) < 4.78 is 7.06. The SMILES string of the molecule is CC(C)(C)OC(=O)CO/N=C(\C(N)=O)c1nc2ccccc2n([C@H]2C[C@H]3CCC[C@@H](C2)N3C2CC3CCCC(C3)C2)c1=O. The zero-order valence-electron chi connectivity index (χ0n) is 25.7. The van der Waals surface area contributed by atoms with Crippen molar-refractivity contribution in [1.29, 1.82) is 0 Å². The molecule has 2 aliphatic heterocycles. The van der Waals surface area contributed by atoms with Gasteiger partial charge in [0.15, 0.2) is 11.4 Å². The van der Waals surface area contributed by atoms with E-state index in [0.29, 0.717) is 23.6 Å². The van der Waals surface area contributed by atoms with Gasteiger partial charge < -0.3 is 19.9 Å². The highest BCUT2D eigenvalue weighted by molar-refractivity contribution is 6.44. The third kappa shape index (κ3) is 6.35. The predicted octanol–water partition coefficient (Wildman–Crippen LogP) is 4.47. The van der Waals surface area contributed by atoms with E-state index in [4.69, 9.17) is 15.3 Å². The Bertz CT molecular complexity index is 1440. The molecule has 6 rings (SSSR count). The van der Waals surface area contributed by atoms with E-state index in [1.165, 1.54) is 44.9 Å². The molecule has 10 heteroatoms. The summed E-state index contributed by atoms with van der Waals surface area (Å²) in [5.74, 6) is 0.137. The van der Waals surface area contributed by atoms with Crippen LogP contribution in [-0.4, -0.2) is 62.4 Å². The maximum atomic E-state index is 14.2. The highest BCUT2D eigenvalue weighted by Crippen LogP contribution is 2.47. The molecule has 4 fully saturated rings. The third-order valence-corrected chi connectivity index (χ3v) is 9.91. The van der Waals surface area contributed by atoms with E-state index in [2.05, 4.69) is 15.0 Å². The van der Waals surface area contributed by atoms with Gasteiger partial charge in [0.25, 0.3) is 11.5 Å². The van der Waals surface area contributed by atoms with Crippen molar-refractivity contribution in [2.75, 3.05) is 6.61 Å². The van der Waals surface area contributed by atoms with Gasteiger partial charge in [-0.2, -0.15) is 0 Å². The molecule has 1 aromatic heterocycles. The van der Waals surface area contributed by atoms with Crippen molar-refractivity contribution >= 4 is 28.6 Å². The lowest BCUT2D eigenvalue weighted by Crippen LogP contribution is -2.58. The van der Waals surface area contributed by atoms with Crippen molar-refractivity contribution in [3.8, 4) is 0 Å². The molecule has 43 heavy (non-hydrogen) atoms. The molecule has 4 aliphatic rings. The van der Waals surface area contributed by atoms with Crippen LogP contribution in [-0.2, 0) is 19.2 Å². The van der Waals surface area contributed by atoms with E-state index in [9.17, 15) is 14.4 Å². The van der Waals surface area contributed by atoms with Crippen LogP contribution in [0.15, 0.2) is 34.2 Å². The van der Waals surface area contributed by atoms with Gasteiger partial charge in [0.1, 0.15) is 5.60 Å². The van der Waals surface area contributed by atoms with Gasteiger partial charge in [0.05, 0.1) is 11.0 Å². The van der Waals surface area contributed by atoms with E-state index in [1.807, 2.05) is 28.8 Å². The Labute approximate surface area is 253 Å². The molecule has 0 spiro atoms. The zero-order valence-corrected chi connectivity index (χ0v) is 25.7. The minimum atomic E-state index is -0.954. The second-order valence-electron chi connectivity index (χ2n) is 14.1. The number of hydrogen-bond acceptors (Lipinski definition) is 8. The van der Waals surface area contributed by atoms with E-state index in [0.717, 1.165) is 43.0 Å². The zero-order chi connectivity index (χ0) is 30.3. The van der Waals surface area contributed by atoms with Gasteiger partial charge in [-0.25, -0.2) is 9.78 Å². The van der Waals surface area contributed by atoms with Crippen LogP contribution < -0.4 is 11.3 Å². The lowest BCUT2D eigenvalue weighted by molar-refractivity contribution is -0.160. The molecule has 2 unspecified atom stereocenters. The minimum absolute atomic E-state index is 0.0365. The molecule has 232 valence electrons. The fraction of sp³-hybridized carbons (Fsp3) is 0.667. The summed E-state index contributed by atoms with van der Waals surface area (Å²) in [5.41, 5.74) is 5.31. The Morgan fingerprint density at radius 3 is 2.23 bits per heavy atom. The first kappa shape index (κ1) is 29.8. The van der Waals surface area contributed by atoms with E-state index in [-0.39, 0.29) is 11.7 Å². The maximum absolute atomic E-state index is 14.2. The van der Waals surface area contributed by atoms with Crippen LogP contribution >= 0.6 is 0 Å². The number of hydrogen-bond donors (Lipinski definition) is 1. The fourth-order valence-electron chi connectivity index (χ4n) is 8.53. The summed E-state index contributed by atoms with van der Waals surface area (Å²) >= 11 is 0. The number of nitrogens with zero attached hydrogens (tertiary/aromatic N) is 4. The smallest absolute Gasteiger partial charge is 0.347 e. The Morgan fingerprint density at radius 2 is 1.58 bits per heavy atom. The van der Waals surface area contributed by atoms with Crippen LogP contribution in [0.4, 0.5) is 0 Å². The van der Waals surface area contributed by atoms with Gasteiger partial charge >= 0.3 is 5.97 Å². The number of oxime groups is 1. The number of rotatable bonds is 7. The molecule has 5 atom stereocenters. The molecule has 3 heterocycles. The van der Waals surface area contributed by atoms with Gasteiger partial charge in [-0.1, -0.05) is 43.0 Å². The molecule has 2 saturated heterocycles. The number of nitrogens with two attached hydrogens (primary N) is 1. The average molecular weight is 592 g/mol. The van der Waals surface area contributed by atoms with Crippen molar-refractivity contribution < 1.29 is 19.2 Å². The van der Waals surface area contributed by atoms with Gasteiger partial charge in [0, 0.05) is 24.2 Å². The topological polar surface area (TPSA) is 129 Å². The van der Waals surface area contributed by atoms with E-state index in [1.54, 1.807) is 20.8 Å². The number of aromatic nitrogens is 2. The number of fused-ring (bicyclic) bond motifs is 5. The number of para-hydroxylation sites is 2. The van der Waals surface area contributed by atoms with Crippen LogP contribution in [0.3, 0.4) is 0 Å². The minimum Gasteiger partial charge on any atom is -0.457 e. The second-order valence-corrected chi connectivity index (χ2v) is 14.1. The summed E-state index contributed by atoms with van der Waals surface area (Å²) in [4.78, 5) is 51.4. The number of amides is 1. The molecular formula is C33H45N5O5. The molecule has 2 aromatic rings. The number of esters is 1. The van der Waals surface area contributed by atoms with Gasteiger partial charge in [-0.3, -0.25) is 14.5 Å². The quantitative estimate of drug-likeness (QED) is 0.286. The average Bonchev–Trinajstić information content (AvgIpc) is 2.93. The van der Waals surface area contributed by atoms with Crippen molar-refractivity contribution in [3.63, 3.8) is 0 Å². The number of ether oxygens (including phenoxy) is 1. The summed E-state index contributed by atoms with van der Waals surface area (Å²) in [6, 6.07) is 8.98. The van der Waals surface area contributed by atoms with Crippen LogP contribution in [0.1, 0.15) is 103 Å². The van der Waals surface area contributed by atoms with Crippen LogP contribution in [0.25, 0.3) is 11.0 Å². The summed E-state index contributed by atoms with van der Waals surface area (Å²) in [5, 5.41) is 3.83. The summed E-state index contributed by atoms with van der Waals surface area (Å²) in [7, 11) is 0. The van der Waals surface area contributed by atoms with Gasteiger partial charge in [-0.05, 0) is 89.7 Å². The molecule has 0 radical (unpaired) electrons. The van der Waals surface area contributed by atoms with Gasteiger partial charge in [-0.15, -0.1) is 0 Å². The summed E-state index contributed by atoms with van der Waals surface area (Å²) in [6.45, 7) is 4.69. The number of carbonyl (C=O) groups excluding carboxylic acids is 2. The first-order chi connectivity index (χ1) is 20.6. The number of primary amides is 1. The summed E-state index contributed by atoms with van der Waals surface area (Å²) in [6.07, 6.45) is 13.5. The van der Waals surface area contributed by atoms with Crippen LogP contribution in [0.5, 0.6) is 0 Å². The molecular weight excluding hydrogens is 546 g/mol. The highest BCUT2D eigenvalue weighted by Gasteiger charge is 2.45. The molecule has 2 saturated carbocycles. The Kier molecular flexibility index (Phi) is 8.33. The molecule has 1 aromatic carbocycles. The number of piperidine rings is 2. The van der Waals surface area contributed by atoms with E-state index >= 15 is 0 Å². The number of carbonyl (C=O) groups is 2. The first-order valence-corrected chi connectivity index (χ1v) is 16.1. The molecule has 10 nitrogen and oxygen atoms in total. The normalized spacial score (nSPS) is 29.7. The standard InChI is InChI=1S/C33H45N5O5/c1-33(2,3)43-28(39)19-42-36-29(31(34)40)30-32(41)38(27-13-5-4-12-26(27)35-30)25-17-22-10-7-11-23(18-25)37(22)24-15-20-8-6-9-21(14-20)16-24/h4-5,12-13,20-25H,6-11,14-19H2,1-3H3,(H2,34,40)/b36-29-/t20?,21?,22-,23+,24?,25+. The predicted molar refractivity (Wildman–Crippen MR) is 164 cm³/mol. The largest absolute Gasteiger partial charge is 0.457 e. The van der Waals surface area contributed by atoms with Gasteiger partial charge in [0.2, 0.25) is 6.61 Å². The third-order valence-electron chi connectivity index (χ3n) is 9.91. The molecule has 1 amide bonds. The molecule has 2 aliphatic carbocycles. The Balaban J connectivity index is 1.30. The molecule has 2 N–H and O–H groups in total. The van der Waals surface area contributed by atoms with Crippen molar-refractivity contribution in [3.05, 3.63) is 40.3 Å². The fourth-order valence-corrected chi connectivity index (χ4v) is 8.53. The maximum Gasteiger partial charge on any atom is 0.347 e. The Morgan fingerprint density at radius 1 is 0.930 bits per heavy atom. The number of benzene rings is 1. The Hall–Kier alpha value is -3.27. The van der Waals surface area contributed by atoms with Crippen LogP contribution in [0, 0.1) is 11.8 Å². The monoisotopic (exact) mass is 591 g/mol. The van der Waals surface area contributed by atoms with Crippen LogP contribution in [0.2, 0.25) is 0 Å². The lowest BCUT2D eigenvalue weighted by atomic mass is 9.68. The molecule has 4 bridgehead atoms. The van der Waals surface area contributed by atoms with Crippen molar-refractivity contribution in [1.82, 2.24) is 14.5 Å².